The Morgan fingerprint density at radius 1 is 1.14 bits per heavy atom. The van der Waals surface area contributed by atoms with E-state index in [1.807, 2.05) is 36.6 Å². The van der Waals surface area contributed by atoms with Gasteiger partial charge in [-0.25, -0.2) is 4.39 Å². The monoisotopic (exact) mass is 597 g/mol. The van der Waals surface area contributed by atoms with E-state index in [1.54, 1.807) is 29.3 Å². The first kappa shape index (κ1) is 30.0. The number of halogens is 4. The molecule has 226 valence electrons. The summed E-state index contributed by atoms with van der Waals surface area (Å²) < 4.78 is 58.5. The van der Waals surface area contributed by atoms with Gasteiger partial charge in [0, 0.05) is 64.8 Å². The highest BCUT2D eigenvalue weighted by molar-refractivity contribution is 6.02. The lowest BCUT2D eigenvalue weighted by Crippen LogP contribution is -2.56. The summed E-state index contributed by atoms with van der Waals surface area (Å²) in [6.45, 7) is 0.442. The maximum atomic E-state index is 14.8. The zero-order valence-corrected chi connectivity index (χ0v) is 23.6. The van der Waals surface area contributed by atoms with Gasteiger partial charge >= 0.3 is 6.18 Å². The van der Waals surface area contributed by atoms with Gasteiger partial charge in [0.2, 0.25) is 5.91 Å². The van der Waals surface area contributed by atoms with Gasteiger partial charge in [0.1, 0.15) is 18.1 Å². The molecule has 3 N–H and O–H groups in total. The molecule has 2 aromatic heterocycles. The number of pyridine rings is 1. The molecule has 12 heteroatoms. The maximum absolute atomic E-state index is 14.8. The van der Waals surface area contributed by atoms with E-state index < -0.39 is 36.5 Å². The molecule has 0 bridgehead atoms. The highest BCUT2D eigenvalue weighted by Gasteiger charge is 2.36. The summed E-state index contributed by atoms with van der Waals surface area (Å²) in [4.78, 5) is 35.3. The van der Waals surface area contributed by atoms with Crippen molar-refractivity contribution in [2.75, 3.05) is 20.2 Å². The summed E-state index contributed by atoms with van der Waals surface area (Å²) in [5.74, 6) is -1.47. The van der Waals surface area contributed by atoms with Crippen molar-refractivity contribution >= 4 is 22.7 Å². The molecular formula is C31H31F4N5O3. The maximum Gasteiger partial charge on any atom is 0.405 e. The minimum Gasteiger partial charge on any atom is -0.496 e. The van der Waals surface area contributed by atoms with Crippen LogP contribution < -0.4 is 15.4 Å². The fraction of sp³-hybridized carbons (Fsp3) is 0.323. The number of aromatic nitrogens is 2. The van der Waals surface area contributed by atoms with Crippen LogP contribution in [0.5, 0.6) is 5.75 Å². The first-order valence-corrected chi connectivity index (χ1v) is 13.8. The number of nitrogens with zero attached hydrogens (tertiary/aromatic N) is 2. The predicted molar refractivity (Wildman–Crippen MR) is 153 cm³/mol. The van der Waals surface area contributed by atoms with Gasteiger partial charge < -0.3 is 20.4 Å². The van der Waals surface area contributed by atoms with Gasteiger partial charge in [0.05, 0.1) is 13.2 Å². The molecule has 3 heterocycles. The standard InChI is InChI=1S/C31H31F4N5O3/c1-18-12-19(10-11-36-18)23-14-37-26-8-6-20(13-22(23)26)29(41)39-21-7-9-27(30(42)38-17-31(33,34)35)40(15-21)16-24-25(32)4-3-5-28(24)43-2/h3-6,8,10-14,21,27,37H,7,9,15-17H2,1-2H3,(H,38,42)(H,39,41)/t21-,27+/m1/s1. The summed E-state index contributed by atoms with van der Waals surface area (Å²) in [6, 6.07) is 12.1. The van der Waals surface area contributed by atoms with Gasteiger partial charge in [0.15, 0.2) is 0 Å². The average molecular weight is 598 g/mol. The summed E-state index contributed by atoms with van der Waals surface area (Å²) >= 11 is 0. The SMILES string of the molecule is COc1cccc(F)c1CN1C[C@H](NC(=O)c2ccc3[nH]cc(-c4ccnc(C)c4)c3c2)CC[C@H]1C(=O)NCC(F)(F)F. The van der Waals surface area contributed by atoms with Crippen molar-refractivity contribution in [2.45, 2.75) is 44.6 Å². The molecule has 0 aliphatic carbocycles. The summed E-state index contributed by atoms with van der Waals surface area (Å²) in [5, 5.41) is 5.80. The van der Waals surface area contributed by atoms with Gasteiger partial charge in [-0.3, -0.25) is 19.5 Å². The third-order valence-corrected chi connectivity index (χ3v) is 7.59. The number of alkyl halides is 3. The molecule has 2 amide bonds. The molecule has 0 saturated carbocycles. The van der Waals surface area contributed by atoms with E-state index in [0.717, 1.165) is 27.7 Å². The van der Waals surface area contributed by atoms with Crippen LogP contribution in [0.15, 0.2) is 60.9 Å². The molecule has 2 atom stereocenters. The van der Waals surface area contributed by atoms with E-state index in [2.05, 4.69) is 15.3 Å². The van der Waals surface area contributed by atoms with Crippen LogP contribution in [0.4, 0.5) is 17.6 Å². The van der Waals surface area contributed by atoms with Crippen molar-refractivity contribution in [3.63, 3.8) is 0 Å². The van der Waals surface area contributed by atoms with Crippen LogP contribution in [0.25, 0.3) is 22.0 Å². The second-order valence-corrected chi connectivity index (χ2v) is 10.6. The lowest BCUT2D eigenvalue weighted by Gasteiger charge is -2.39. The smallest absolute Gasteiger partial charge is 0.405 e. The number of amides is 2. The highest BCUT2D eigenvalue weighted by Crippen LogP contribution is 2.30. The summed E-state index contributed by atoms with van der Waals surface area (Å²) in [6.07, 6.45) is -0.469. The van der Waals surface area contributed by atoms with Crippen molar-refractivity contribution in [1.82, 2.24) is 25.5 Å². The molecule has 5 rings (SSSR count). The van der Waals surface area contributed by atoms with Crippen LogP contribution in [0, 0.1) is 12.7 Å². The number of hydrogen-bond acceptors (Lipinski definition) is 5. The number of H-pyrrole nitrogens is 1. The van der Waals surface area contributed by atoms with Gasteiger partial charge in [-0.05, 0) is 67.8 Å². The van der Waals surface area contributed by atoms with Crippen LogP contribution in [0.3, 0.4) is 0 Å². The topological polar surface area (TPSA) is 99.3 Å². The highest BCUT2D eigenvalue weighted by atomic mass is 19.4. The second-order valence-electron chi connectivity index (χ2n) is 10.6. The lowest BCUT2D eigenvalue weighted by atomic mass is 9.96. The van der Waals surface area contributed by atoms with Gasteiger partial charge in [-0.2, -0.15) is 13.2 Å². The summed E-state index contributed by atoms with van der Waals surface area (Å²) in [5.41, 5.74) is 4.19. The van der Waals surface area contributed by atoms with Gasteiger partial charge in [-0.1, -0.05) is 6.07 Å². The molecule has 0 unspecified atom stereocenters. The molecule has 1 saturated heterocycles. The molecule has 2 aromatic carbocycles. The molecule has 8 nitrogen and oxygen atoms in total. The Morgan fingerprint density at radius 3 is 2.70 bits per heavy atom. The van der Waals surface area contributed by atoms with Crippen molar-refractivity contribution in [2.24, 2.45) is 0 Å². The quantitative estimate of drug-likeness (QED) is 0.245. The number of ether oxygens (including phenoxy) is 1. The zero-order valence-electron chi connectivity index (χ0n) is 23.6. The fourth-order valence-corrected chi connectivity index (χ4v) is 5.51. The molecule has 1 aliphatic rings. The predicted octanol–water partition coefficient (Wildman–Crippen LogP) is 5.13. The number of carbonyl (C=O) groups excluding carboxylic acids is 2. The van der Waals surface area contributed by atoms with Crippen LogP contribution >= 0.6 is 0 Å². The first-order valence-electron chi connectivity index (χ1n) is 13.8. The fourth-order valence-electron chi connectivity index (χ4n) is 5.51. The number of benzene rings is 2. The molecule has 43 heavy (non-hydrogen) atoms. The Hall–Kier alpha value is -4.45. The Morgan fingerprint density at radius 2 is 1.95 bits per heavy atom. The third kappa shape index (κ3) is 6.96. The number of likely N-dealkylation sites (tertiary alicyclic amines) is 1. The number of aryl methyl sites for hydroxylation is 1. The van der Waals surface area contributed by atoms with E-state index in [-0.39, 0.29) is 36.7 Å². The number of piperidine rings is 1. The van der Waals surface area contributed by atoms with E-state index in [1.165, 1.54) is 19.2 Å². The van der Waals surface area contributed by atoms with E-state index >= 15 is 0 Å². The third-order valence-electron chi connectivity index (χ3n) is 7.59. The number of aromatic amines is 1. The Kier molecular flexibility index (Phi) is 8.67. The minimum atomic E-state index is -4.57. The number of hydrogen-bond donors (Lipinski definition) is 3. The van der Waals surface area contributed by atoms with Crippen molar-refractivity contribution in [3.8, 4) is 16.9 Å². The number of methoxy groups -OCH3 is 1. The molecule has 0 spiro atoms. The minimum absolute atomic E-state index is 0.101. The van der Waals surface area contributed by atoms with E-state index in [9.17, 15) is 27.2 Å². The molecule has 0 radical (unpaired) electrons. The number of fused-ring (bicyclic) bond motifs is 1. The average Bonchev–Trinajstić information content (AvgIpc) is 3.40. The van der Waals surface area contributed by atoms with Crippen LogP contribution in [-0.2, 0) is 11.3 Å². The molecular weight excluding hydrogens is 566 g/mol. The van der Waals surface area contributed by atoms with Crippen molar-refractivity contribution in [3.05, 3.63) is 83.6 Å². The first-order chi connectivity index (χ1) is 20.5. The van der Waals surface area contributed by atoms with Crippen LogP contribution in [0.1, 0.15) is 34.5 Å². The lowest BCUT2D eigenvalue weighted by molar-refractivity contribution is -0.142. The Labute approximate surface area is 245 Å². The largest absolute Gasteiger partial charge is 0.496 e. The Bertz CT molecular complexity index is 1640. The number of rotatable bonds is 8. The molecule has 4 aromatic rings. The zero-order chi connectivity index (χ0) is 30.7. The number of carbonyl (C=O) groups is 2. The van der Waals surface area contributed by atoms with Crippen molar-refractivity contribution < 1.29 is 31.9 Å². The normalized spacial score (nSPS) is 17.5. The number of nitrogens with one attached hydrogen (secondary N) is 3. The van der Waals surface area contributed by atoms with Gasteiger partial charge in [0.25, 0.3) is 5.91 Å². The molecule has 1 fully saturated rings. The molecule has 1 aliphatic heterocycles. The van der Waals surface area contributed by atoms with E-state index in [0.29, 0.717) is 12.0 Å². The summed E-state index contributed by atoms with van der Waals surface area (Å²) in [7, 11) is 1.38. The van der Waals surface area contributed by atoms with Crippen LogP contribution in [-0.4, -0.2) is 65.1 Å². The van der Waals surface area contributed by atoms with Crippen LogP contribution in [0.2, 0.25) is 0 Å². The second kappa shape index (κ2) is 12.4. The van der Waals surface area contributed by atoms with Gasteiger partial charge in [-0.15, -0.1) is 0 Å². The van der Waals surface area contributed by atoms with Crippen molar-refractivity contribution in [1.29, 1.82) is 0 Å². The van der Waals surface area contributed by atoms with E-state index in [4.69, 9.17) is 4.74 Å². The Balaban J connectivity index is 1.36.